The topological polar surface area (TPSA) is 120 Å². The van der Waals surface area contributed by atoms with Gasteiger partial charge in [-0.1, -0.05) is 12.1 Å². The number of likely N-dealkylation sites (tertiary alicyclic amines) is 1. The third kappa shape index (κ3) is 4.54. The number of aliphatic hydroxyl groups excluding tert-OH is 3. The van der Waals surface area contributed by atoms with Crippen LogP contribution in [0.4, 0.5) is 4.39 Å². The van der Waals surface area contributed by atoms with Gasteiger partial charge >= 0.3 is 0 Å². The van der Waals surface area contributed by atoms with E-state index in [-0.39, 0.29) is 11.5 Å². The highest BCUT2D eigenvalue weighted by Crippen LogP contribution is 2.34. The molecule has 2 aromatic carbocycles. The lowest BCUT2D eigenvalue weighted by molar-refractivity contribution is -0.314. The van der Waals surface area contributed by atoms with Crippen molar-refractivity contribution in [1.29, 1.82) is 0 Å². The van der Waals surface area contributed by atoms with Crippen molar-refractivity contribution >= 4 is 5.91 Å². The lowest BCUT2D eigenvalue weighted by Gasteiger charge is -2.45. The zero-order valence-corrected chi connectivity index (χ0v) is 19.1. The first-order valence-electron chi connectivity index (χ1n) is 11.3. The molecule has 2 aliphatic rings. The molecule has 4 N–H and O–H groups in total. The number of amides is 1. The number of aliphatic hydroxyl groups is 4. The van der Waals surface area contributed by atoms with Crippen LogP contribution in [0.2, 0.25) is 0 Å². The van der Waals surface area contributed by atoms with Crippen molar-refractivity contribution in [1.82, 2.24) is 4.90 Å². The number of hydrogen-bond donors (Lipinski definition) is 4. The summed E-state index contributed by atoms with van der Waals surface area (Å²) >= 11 is 0. The molecule has 9 heteroatoms. The summed E-state index contributed by atoms with van der Waals surface area (Å²) in [6.45, 7) is 3.74. The second-order valence-corrected chi connectivity index (χ2v) is 9.14. The molecule has 5 atom stereocenters. The van der Waals surface area contributed by atoms with E-state index in [2.05, 4.69) is 0 Å². The largest absolute Gasteiger partial charge is 0.461 e. The molecule has 2 aromatic rings. The number of benzene rings is 2. The Morgan fingerprint density at radius 1 is 1.18 bits per heavy atom. The SMILES string of the molecule is Cc1cc(-c2ccc(F)c(C(=O)N3CCCC3)c2)ccc1O[C@H]1O[C@H](CO)[C@@H](O)[C@H](O)[C@]1(C)O. The highest BCUT2D eigenvalue weighted by molar-refractivity contribution is 5.96. The van der Waals surface area contributed by atoms with Gasteiger partial charge in [-0.2, -0.15) is 0 Å². The van der Waals surface area contributed by atoms with E-state index in [1.807, 2.05) is 0 Å². The third-order valence-electron chi connectivity index (χ3n) is 6.59. The molecule has 34 heavy (non-hydrogen) atoms. The maximum absolute atomic E-state index is 14.4. The minimum atomic E-state index is -1.93. The Morgan fingerprint density at radius 2 is 1.82 bits per heavy atom. The normalized spacial score (nSPS) is 29.3. The summed E-state index contributed by atoms with van der Waals surface area (Å²) in [7, 11) is 0. The minimum absolute atomic E-state index is 0.0339. The van der Waals surface area contributed by atoms with Gasteiger partial charge in [0.15, 0.2) is 5.60 Å². The molecular weight excluding hydrogens is 445 g/mol. The highest BCUT2D eigenvalue weighted by atomic mass is 19.1. The molecule has 0 spiro atoms. The van der Waals surface area contributed by atoms with Gasteiger partial charge in [0.05, 0.1) is 12.2 Å². The van der Waals surface area contributed by atoms with Gasteiger partial charge < -0.3 is 34.8 Å². The molecular formula is C25H30FNO7. The smallest absolute Gasteiger partial charge is 0.256 e. The van der Waals surface area contributed by atoms with Crippen molar-refractivity contribution < 1.29 is 39.1 Å². The summed E-state index contributed by atoms with van der Waals surface area (Å²) < 4.78 is 25.7. The summed E-state index contributed by atoms with van der Waals surface area (Å²) in [4.78, 5) is 14.4. The second kappa shape index (κ2) is 9.59. The molecule has 2 saturated heterocycles. The van der Waals surface area contributed by atoms with Crippen LogP contribution in [0.25, 0.3) is 11.1 Å². The van der Waals surface area contributed by atoms with Crippen LogP contribution in [0.3, 0.4) is 0 Å². The Kier molecular flexibility index (Phi) is 6.93. The summed E-state index contributed by atoms with van der Waals surface area (Å²) in [6, 6.07) is 9.59. The molecule has 0 saturated carbocycles. The van der Waals surface area contributed by atoms with Crippen molar-refractivity contribution in [2.45, 2.75) is 56.9 Å². The van der Waals surface area contributed by atoms with Crippen LogP contribution in [0.1, 0.15) is 35.7 Å². The molecule has 0 radical (unpaired) electrons. The summed E-state index contributed by atoms with van der Waals surface area (Å²) in [5.74, 6) is -0.526. The number of carbonyl (C=O) groups is 1. The van der Waals surface area contributed by atoms with Gasteiger partial charge in [0, 0.05) is 13.1 Å². The Morgan fingerprint density at radius 3 is 2.47 bits per heavy atom. The number of aryl methyl sites for hydroxylation is 1. The van der Waals surface area contributed by atoms with E-state index in [0.717, 1.165) is 18.4 Å². The number of hydrogen-bond acceptors (Lipinski definition) is 7. The van der Waals surface area contributed by atoms with Crippen LogP contribution in [0.5, 0.6) is 5.75 Å². The molecule has 0 bridgehead atoms. The standard InChI is InChI=1S/C25H30FNO7/c1-14-11-15(16-5-7-18(26)17(12-16)23(31)27-9-3-4-10-27)6-8-19(14)33-24-25(2,32)22(30)21(29)20(13-28)34-24/h5-8,11-12,20-22,24,28-30,32H,3-4,9-10,13H2,1-2H3/t20-,21-,22+,24+,25+/m1/s1. The molecule has 0 aliphatic carbocycles. The van der Waals surface area contributed by atoms with Gasteiger partial charge in [-0.25, -0.2) is 4.39 Å². The molecule has 0 unspecified atom stereocenters. The molecule has 0 aromatic heterocycles. The molecule has 2 heterocycles. The Balaban J connectivity index is 1.57. The fraction of sp³-hybridized carbons (Fsp3) is 0.480. The Labute approximate surface area is 197 Å². The quantitative estimate of drug-likeness (QED) is 0.519. The van der Waals surface area contributed by atoms with Crippen LogP contribution < -0.4 is 4.74 Å². The number of rotatable bonds is 5. The van der Waals surface area contributed by atoms with E-state index in [9.17, 15) is 29.6 Å². The zero-order valence-electron chi connectivity index (χ0n) is 19.1. The predicted molar refractivity (Wildman–Crippen MR) is 121 cm³/mol. The van der Waals surface area contributed by atoms with Gasteiger partial charge in [-0.05, 0) is 67.6 Å². The molecule has 2 aliphatic heterocycles. The van der Waals surface area contributed by atoms with Gasteiger partial charge in [0.1, 0.15) is 29.9 Å². The van der Waals surface area contributed by atoms with Crippen molar-refractivity contribution in [3.8, 4) is 16.9 Å². The molecule has 1 amide bonds. The van der Waals surface area contributed by atoms with E-state index >= 15 is 0 Å². The van der Waals surface area contributed by atoms with E-state index in [0.29, 0.717) is 30.0 Å². The van der Waals surface area contributed by atoms with E-state index in [1.54, 1.807) is 42.2 Å². The van der Waals surface area contributed by atoms with E-state index < -0.39 is 42.6 Å². The van der Waals surface area contributed by atoms with E-state index in [1.165, 1.54) is 13.0 Å². The highest BCUT2D eigenvalue weighted by Gasteiger charge is 2.53. The summed E-state index contributed by atoms with van der Waals surface area (Å²) in [5, 5.41) is 40.3. The van der Waals surface area contributed by atoms with Crippen LogP contribution in [-0.2, 0) is 4.74 Å². The number of ether oxygens (including phenoxy) is 2. The second-order valence-electron chi connectivity index (χ2n) is 9.14. The average molecular weight is 476 g/mol. The lowest BCUT2D eigenvalue weighted by Crippen LogP contribution is -2.66. The first-order chi connectivity index (χ1) is 16.1. The van der Waals surface area contributed by atoms with Crippen molar-refractivity contribution in [3.63, 3.8) is 0 Å². The number of nitrogens with zero attached hydrogens (tertiary/aromatic N) is 1. The fourth-order valence-corrected chi connectivity index (χ4v) is 4.40. The molecule has 2 fully saturated rings. The minimum Gasteiger partial charge on any atom is -0.461 e. The van der Waals surface area contributed by atoms with Gasteiger partial charge in [-0.15, -0.1) is 0 Å². The monoisotopic (exact) mass is 475 g/mol. The van der Waals surface area contributed by atoms with Crippen LogP contribution in [-0.4, -0.2) is 81.1 Å². The summed E-state index contributed by atoms with van der Waals surface area (Å²) in [6.07, 6.45) is -3.69. The van der Waals surface area contributed by atoms with E-state index in [4.69, 9.17) is 9.47 Å². The Bertz CT molecular complexity index is 1050. The van der Waals surface area contributed by atoms with Gasteiger partial charge in [-0.3, -0.25) is 4.79 Å². The summed E-state index contributed by atoms with van der Waals surface area (Å²) in [5.41, 5.74) is 0.165. The third-order valence-corrected chi connectivity index (χ3v) is 6.59. The Hall–Kier alpha value is -2.56. The van der Waals surface area contributed by atoms with Crippen LogP contribution in [0.15, 0.2) is 36.4 Å². The molecule has 8 nitrogen and oxygen atoms in total. The molecule has 184 valence electrons. The van der Waals surface area contributed by atoms with Crippen molar-refractivity contribution in [2.24, 2.45) is 0 Å². The lowest BCUT2D eigenvalue weighted by atomic mass is 9.88. The van der Waals surface area contributed by atoms with Gasteiger partial charge in [0.2, 0.25) is 6.29 Å². The first kappa shape index (κ1) is 24.6. The maximum atomic E-state index is 14.4. The predicted octanol–water partition coefficient (Wildman–Crippen LogP) is 1.61. The number of carbonyl (C=O) groups excluding carboxylic acids is 1. The fourth-order valence-electron chi connectivity index (χ4n) is 4.40. The first-order valence-corrected chi connectivity index (χ1v) is 11.3. The van der Waals surface area contributed by atoms with Crippen molar-refractivity contribution in [2.75, 3.05) is 19.7 Å². The van der Waals surface area contributed by atoms with Crippen LogP contribution in [0, 0.1) is 12.7 Å². The average Bonchev–Trinajstić information content (AvgIpc) is 3.36. The zero-order chi connectivity index (χ0) is 24.6. The van der Waals surface area contributed by atoms with Crippen molar-refractivity contribution in [3.05, 3.63) is 53.3 Å². The number of halogens is 1. The molecule has 4 rings (SSSR count). The van der Waals surface area contributed by atoms with Crippen LogP contribution >= 0.6 is 0 Å². The maximum Gasteiger partial charge on any atom is 0.256 e. The van der Waals surface area contributed by atoms with Gasteiger partial charge in [0.25, 0.3) is 5.91 Å².